The first-order chi connectivity index (χ1) is 6.97. The number of hydrogen-bond donors (Lipinski definition) is 0. The fourth-order valence-electron chi connectivity index (χ4n) is 0.994. The van der Waals surface area contributed by atoms with E-state index in [4.69, 9.17) is 11.6 Å². The van der Waals surface area contributed by atoms with Crippen molar-refractivity contribution in [3.05, 3.63) is 31.1 Å². The number of aromatic nitrogens is 1. The maximum absolute atomic E-state index is 12.5. The highest BCUT2D eigenvalue weighted by atomic mass is 127. The van der Waals surface area contributed by atoms with Crippen molar-refractivity contribution in [3.8, 4) is 0 Å². The molecule has 15 heavy (non-hydrogen) atoms. The second-order valence-corrected chi connectivity index (χ2v) is 3.82. The Morgan fingerprint density at radius 1 is 1.67 bits per heavy atom. The molecule has 0 N–H and O–H groups in total. The Labute approximate surface area is 102 Å². The lowest BCUT2D eigenvalue weighted by molar-refractivity contribution is -0.387. The van der Waals surface area contributed by atoms with Crippen LogP contribution >= 0.6 is 34.2 Å². The maximum Gasteiger partial charge on any atom is 0.309 e. The van der Waals surface area contributed by atoms with E-state index < -0.39 is 22.6 Å². The van der Waals surface area contributed by atoms with Crippen molar-refractivity contribution in [2.24, 2.45) is 0 Å². The average molecular weight is 348 g/mol. The van der Waals surface area contributed by atoms with Crippen LogP contribution in [-0.2, 0) is 5.88 Å². The molecule has 0 saturated heterocycles. The van der Waals surface area contributed by atoms with Gasteiger partial charge in [0.05, 0.1) is 16.5 Å². The molecule has 0 spiro atoms. The van der Waals surface area contributed by atoms with E-state index in [0.29, 0.717) is 0 Å². The standard InChI is InChI=1S/C7H4ClF2IN2O2/c8-2-3-1-4(6(9)10)5(13(14)15)7(11)12-3/h1,6H,2H2. The highest BCUT2D eigenvalue weighted by molar-refractivity contribution is 14.1. The Morgan fingerprint density at radius 3 is 2.67 bits per heavy atom. The van der Waals surface area contributed by atoms with Gasteiger partial charge in [0.2, 0.25) is 0 Å². The summed E-state index contributed by atoms with van der Waals surface area (Å²) in [7, 11) is 0. The summed E-state index contributed by atoms with van der Waals surface area (Å²) in [5.41, 5.74) is -1.10. The fourth-order valence-corrected chi connectivity index (χ4v) is 1.95. The van der Waals surface area contributed by atoms with Crippen molar-refractivity contribution in [2.45, 2.75) is 12.3 Å². The third kappa shape index (κ3) is 2.71. The molecular formula is C7H4ClF2IN2O2. The van der Waals surface area contributed by atoms with Crippen molar-refractivity contribution in [3.63, 3.8) is 0 Å². The van der Waals surface area contributed by atoms with E-state index in [0.717, 1.165) is 6.07 Å². The molecule has 4 nitrogen and oxygen atoms in total. The maximum atomic E-state index is 12.5. The van der Waals surface area contributed by atoms with E-state index >= 15 is 0 Å². The van der Waals surface area contributed by atoms with Crippen LogP contribution < -0.4 is 0 Å². The summed E-state index contributed by atoms with van der Waals surface area (Å²) < 4.78 is 24.9. The molecule has 0 unspecified atom stereocenters. The van der Waals surface area contributed by atoms with Gasteiger partial charge in [-0.05, 0) is 28.7 Å². The van der Waals surface area contributed by atoms with Crippen LogP contribution in [0.15, 0.2) is 6.07 Å². The van der Waals surface area contributed by atoms with Crippen molar-refractivity contribution in [2.75, 3.05) is 0 Å². The first kappa shape index (κ1) is 12.5. The van der Waals surface area contributed by atoms with E-state index in [9.17, 15) is 18.9 Å². The zero-order valence-corrected chi connectivity index (χ0v) is 10.00. The number of halogens is 4. The van der Waals surface area contributed by atoms with Gasteiger partial charge in [-0.2, -0.15) is 0 Å². The van der Waals surface area contributed by atoms with E-state index in [1.54, 1.807) is 0 Å². The van der Waals surface area contributed by atoms with E-state index in [-0.39, 0.29) is 15.3 Å². The predicted molar refractivity (Wildman–Crippen MR) is 58.1 cm³/mol. The molecule has 0 aliphatic heterocycles. The third-order valence-corrected chi connectivity index (χ3v) is 2.61. The molecule has 1 heterocycles. The molecule has 0 atom stereocenters. The van der Waals surface area contributed by atoms with Crippen LogP contribution in [0.3, 0.4) is 0 Å². The SMILES string of the molecule is O=[N+]([O-])c1c(C(F)F)cc(CCl)nc1I. The van der Waals surface area contributed by atoms with Gasteiger partial charge in [-0.25, -0.2) is 13.8 Å². The minimum atomic E-state index is -2.91. The molecule has 0 aromatic carbocycles. The van der Waals surface area contributed by atoms with Gasteiger partial charge in [0, 0.05) is 0 Å². The average Bonchev–Trinajstić information content (AvgIpc) is 2.15. The Hall–Kier alpha value is -0.570. The second-order valence-electron chi connectivity index (χ2n) is 2.53. The Morgan fingerprint density at radius 2 is 2.27 bits per heavy atom. The lowest BCUT2D eigenvalue weighted by Gasteiger charge is -2.05. The summed E-state index contributed by atoms with van der Waals surface area (Å²) in [6, 6.07) is 0.956. The quantitative estimate of drug-likeness (QED) is 0.277. The van der Waals surface area contributed by atoms with Crippen LogP contribution in [0, 0.1) is 13.8 Å². The molecule has 0 saturated carbocycles. The molecule has 82 valence electrons. The van der Waals surface area contributed by atoms with Crippen molar-refractivity contribution in [1.82, 2.24) is 4.98 Å². The molecule has 1 aromatic heterocycles. The summed E-state index contributed by atoms with van der Waals surface area (Å²) in [4.78, 5) is 13.4. The first-order valence-electron chi connectivity index (χ1n) is 3.65. The summed E-state index contributed by atoms with van der Waals surface area (Å²) in [5, 5.41) is 10.5. The van der Waals surface area contributed by atoms with Crippen LogP contribution in [0.5, 0.6) is 0 Å². The molecule has 0 bridgehead atoms. The first-order valence-corrected chi connectivity index (χ1v) is 5.26. The van der Waals surface area contributed by atoms with Gasteiger partial charge in [-0.3, -0.25) is 10.1 Å². The molecule has 0 aliphatic carbocycles. The predicted octanol–water partition coefficient (Wildman–Crippen LogP) is 3.27. The summed E-state index contributed by atoms with van der Waals surface area (Å²) in [6.45, 7) is 0. The van der Waals surface area contributed by atoms with Gasteiger partial charge in [0.1, 0.15) is 5.56 Å². The van der Waals surface area contributed by atoms with Gasteiger partial charge in [-0.1, -0.05) is 0 Å². The lowest BCUT2D eigenvalue weighted by Crippen LogP contribution is -2.03. The van der Waals surface area contributed by atoms with Gasteiger partial charge in [0.25, 0.3) is 6.43 Å². The molecule has 0 amide bonds. The zero-order chi connectivity index (χ0) is 11.6. The Kier molecular flexibility index (Phi) is 4.14. The molecule has 0 fully saturated rings. The number of nitrogens with zero attached hydrogens (tertiary/aromatic N) is 2. The van der Waals surface area contributed by atoms with Crippen molar-refractivity contribution >= 4 is 39.9 Å². The molecular weight excluding hydrogens is 344 g/mol. The number of hydrogen-bond acceptors (Lipinski definition) is 3. The fraction of sp³-hybridized carbons (Fsp3) is 0.286. The molecule has 0 radical (unpaired) electrons. The monoisotopic (exact) mass is 348 g/mol. The highest BCUT2D eigenvalue weighted by Gasteiger charge is 2.26. The number of nitro groups is 1. The third-order valence-electron chi connectivity index (χ3n) is 1.59. The normalized spacial score (nSPS) is 10.7. The smallest absolute Gasteiger partial charge is 0.258 e. The van der Waals surface area contributed by atoms with Crippen LogP contribution in [0.2, 0.25) is 0 Å². The minimum absolute atomic E-state index is 0.0618. The summed E-state index contributed by atoms with van der Waals surface area (Å²) in [6.07, 6.45) is -2.91. The van der Waals surface area contributed by atoms with Gasteiger partial charge in [-0.15, -0.1) is 11.6 Å². The Balaban J connectivity index is 3.42. The topological polar surface area (TPSA) is 56.0 Å². The molecule has 1 rings (SSSR count). The van der Waals surface area contributed by atoms with Crippen LogP contribution in [-0.4, -0.2) is 9.91 Å². The summed E-state index contributed by atoms with van der Waals surface area (Å²) in [5.74, 6) is -0.0618. The van der Waals surface area contributed by atoms with E-state index in [1.165, 1.54) is 22.6 Å². The largest absolute Gasteiger partial charge is 0.309 e. The van der Waals surface area contributed by atoms with Crippen molar-refractivity contribution < 1.29 is 13.7 Å². The van der Waals surface area contributed by atoms with E-state index in [2.05, 4.69) is 4.98 Å². The van der Waals surface area contributed by atoms with Crippen LogP contribution in [0.1, 0.15) is 17.7 Å². The van der Waals surface area contributed by atoms with Gasteiger partial charge < -0.3 is 0 Å². The molecule has 0 aliphatic rings. The van der Waals surface area contributed by atoms with Crippen LogP contribution in [0.4, 0.5) is 14.5 Å². The number of rotatable bonds is 3. The Bertz CT molecular complexity index is 403. The zero-order valence-electron chi connectivity index (χ0n) is 7.08. The lowest BCUT2D eigenvalue weighted by atomic mass is 10.2. The van der Waals surface area contributed by atoms with Crippen molar-refractivity contribution in [1.29, 1.82) is 0 Å². The summed E-state index contributed by atoms with van der Waals surface area (Å²) >= 11 is 6.97. The van der Waals surface area contributed by atoms with Crippen LogP contribution in [0.25, 0.3) is 0 Å². The van der Waals surface area contributed by atoms with E-state index in [1.807, 2.05) is 0 Å². The van der Waals surface area contributed by atoms with Gasteiger partial charge in [0.15, 0.2) is 3.70 Å². The molecule has 8 heteroatoms. The van der Waals surface area contributed by atoms with Gasteiger partial charge >= 0.3 is 5.69 Å². The molecule has 1 aromatic rings. The number of pyridine rings is 1. The number of alkyl halides is 3. The minimum Gasteiger partial charge on any atom is -0.258 e. The second kappa shape index (κ2) is 4.97. The highest BCUT2D eigenvalue weighted by Crippen LogP contribution is 2.32.